The summed E-state index contributed by atoms with van der Waals surface area (Å²) >= 11 is 17.5. The fourth-order valence-electron chi connectivity index (χ4n) is 1.34. The highest BCUT2D eigenvalue weighted by Crippen LogP contribution is 2.30. The minimum absolute atomic E-state index is 0.0516. The first-order valence-corrected chi connectivity index (χ1v) is 6.12. The zero-order valence-corrected chi connectivity index (χ0v) is 11.3. The first-order chi connectivity index (χ1) is 8.59. The number of aromatic nitrogens is 2. The number of H-pyrrole nitrogens is 1. The van der Waals surface area contributed by atoms with Crippen molar-refractivity contribution >= 4 is 40.7 Å². The summed E-state index contributed by atoms with van der Waals surface area (Å²) in [6.45, 7) is 0.376. The number of aromatic amines is 1. The second kappa shape index (κ2) is 5.61. The first kappa shape index (κ1) is 13.2. The third-order valence-corrected chi connectivity index (χ3v) is 3.49. The molecule has 0 unspecified atom stereocenters. The average Bonchev–Trinajstić information content (AvgIpc) is 2.86. The van der Waals surface area contributed by atoms with E-state index in [-0.39, 0.29) is 20.8 Å². The molecule has 0 saturated heterocycles. The Morgan fingerprint density at radius 2 is 2.11 bits per heavy atom. The largest absolute Gasteiger partial charge is 0.367 e. The summed E-state index contributed by atoms with van der Waals surface area (Å²) in [5.41, 5.74) is 1.00. The summed E-state index contributed by atoms with van der Waals surface area (Å²) in [4.78, 5) is 18.6. The molecule has 2 rings (SSSR count). The van der Waals surface area contributed by atoms with Gasteiger partial charge in [-0.2, -0.15) is 0 Å². The molecule has 0 saturated carbocycles. The molecule has 2 aromatic heterocycles. The maximum Gasteiger partial charge on any atom is 0.271 e. The lowest BCUT2D eigenvalue weighted by Crippen LogP contribution is -2.24. The van der Waals surface area contributed by atoms with Crippen LogP contribution in [0.5, 0.6) is 0 Å². The van der Waals surface area contributed by atoms with Crippen LogP contribution in [0.25, 0.3) is 0 Å². The quantitative estimate of drug-likeness (QED) is 0.914. The van der Waals surface area contributed by atoms with E-state index in [1.54, 1.807) is 12.4 Å². The lowest BCUT2D eigenvalue weighted by molar-refractivity contribution is 0.0946. The van der Waals surface area contributed by atoms with Gasteiger partial charge in [0.15, 0.2) is 0 Å². The monoisotopic (exact) mass is 303 g/mol. The molecule has 0 fully saturated rings. The van der Waals surface area contributed by atoms with Crippen molar-refractivity contribution in [2.75, 3.05) is 0 Å². The SMILES string of the molecule is O=C(NCc1cc[nH]c1)c1ncc(Cl)c(Cl)c1Cl. The third kappa shape index (κ3) is 2.77. The van der Waals surface area contributed by atoms with Crippen molar-refractivity contribution in [3.05, 3.63) is 51.0 Å². The van der Waals surface area contributed by atoms with Crippen LogP contribution in [0.3, 0.4) is 0 Å². The number of carbonyl (C=O) groups is 1. The van der Waals surface area contributed by atoms with E-state index in [4.69, 9.17) is 34.8 Å². The van der Waals surface area contributed by atoms with Gasteiger partial charge in [0.2, 0.25) is 0 Å². The number of pyridine rings is 1. The number of carbonyl (C=O) groups excluding carboxylic acids is 1. The maximum atomic E-state index is 11.9. The molecule has 2 heterocycles. The van der Waals surface area contributed by atoms with Gasteiger partial charge in [0.1, 0.15) is 5.69 Å². The molecular formula is C11H8Cl3N3O. The van der Waals surface area contributed by atoms with Gasteiger partial charge in [-0.3, -0.25) is 4.79 Å². The minimum atomic E-state index is -0.403. The Balaban J connectivity index is 2.12. The van der Waals surface area contributed by atoms with E-state index in [2.05, 4.69) is 15.3 Å². The number of rotatable bonds is 3. The zero-order valence-electron chi connectivity index (χ0n) is 9.01. The highest BCUT2D eigenvalue weighted by molar-refractivity contribution is 6.48. The third-order valence-electron chi connectivity index (χ3n) is 2.25. The Bertz CT molecular complexity index is 569. The standard InChI is InChI=1S/C11H8Cl3N3O/c12-7-5-16-10(9(14)8(7)13)11(18)17-4-6-1-2-15-3-6/h1-3,5,15H,4H2,(H,17,18). The molecule has 4 nitrogen and oxygen atoms in total. The Hall–Kier alpha value is -1.23. The van der Waals surface area contributed by atoms with Gasteiger partial charge in [-0.15, -0.1) is 0 Å². The fraction of sp³-hybridized carbons (Fsp3) is 0.0909. The van der Waals surface area contributed by atoms with E-state index in [0.717, 1.165) is 5.56 Å². The van der Waals surface area contributed by atoms with Gasteiger partial charge >= 0.3 is 0 Å². The van der Waals surface area contributed by atoms with E-state index in [1.807, 2.05) is 6.07 Å². The van der Waals surface area contributed by atoms with Crippen LogP contribution in [-0.4, -0.2) is 15.9 Å². The molecule has 0 aliphatic heterocycles. The second-order valence-corrected chi connectivity index (χ2v) is 4.65. The van der Waals surface area contributed by atoms with Gasteiger partial charge in [0, 0.05) is 25.1 Å². The number of hydrogen-bond acceptors (Lipinski definition) is 2. The lowest BCUT2D eigenvalue weighted by atomic mass is 10.3. The molecule has 0 atom stereocenters. The zero-order chi connectivity index (χ0) is 13.1. The molecule has 0 aromatic carbocycles. The van der Waals surface area contributed by atoms with Crippen LogP contribution >= 0.6 is 34.8 Å². The first-order valence-electron chi connectivity index (χ1n) is 4.99. The average molecular weight is 305 g/mol. The topological polar surface area (TPSA) is 57.8 Å². The minimum Gasteiger partial charge on any atom is -0.367 e. The normalized spacial score (nSPS) is 10.4. The van der Waals surface area contributed by atoms with Crippen molar-refractivity contribution in [2.24, 2.45) is 0 Å². The molecular weight excluding hydrogens is 296 g/mol. The van der Waals surface area contributed by atoms with Crippen molar-refractivity contribution in [3.63, 3.8) is 0 Å². The molecule has 94 valence electrons. The van der Waals surface area contributed by atoms with Crippen molar-refractivity contribution < 1.29 is 4.79 Å². The summed E-state index contributed by atoms with van der Waals surface area (Å²) in [7, 11) is 0. The van der Waals surface area contributed by atoms with Gasteiger partial charge in [-0.25, -0.2) is 4.98 Å². The summed E-state index contributed by atoms with van der Waals surface area (Å²) < 4.78 is 0. The summed E-state index contributed by atoms with van der Waals surface area (Å²) in [6, 6.07) is 1.85. The van der Waals surface area contributed by atoms with E-state index in [1.165, 1.54) is 6.20 Å². The Morgan fingerprint density at radius 3 is 2.78 bits per heavy atom. The molecule has 0 aliphatic carbocycles. The van der Waals surface area contributed by atoms with Gasteiger partial charge in [-0.1, -0.05) is 34.8 Å². The molecule has 1 amide bonds. The number of hydrogen-bond donors (Lipinski definition) is 2. The van der Waals surface area contributed by atoms with Crippen LogP contribution in [0.2, 0.25) is 15.1 Å². The van der Waals surface area contributed by atoms with E-state index in [0.29, 0.717) is 6.54 Å². The summed E-state index contributed by atoms with van der Waals surface area (Å²) in [6.07, 6.45) is 4.84. The molecule has 2 N–H and O–H groups in total. The van der Waals surface area contributed by atoms with Crippen molar-refractivity contribution in [1.82, 2.24) is 15.3 Å². The summed E-state index contributed by atoms with van der Waals surface area (Å²) in [5.74, 6) is -0.403. The van der Waals surface area contributed by atoms with E-state index in [9.17, 15) is 4.79 Å². The van der Waals surface area contributed by atoms with Crippen LogP contribution in [-0.2, 0) is 6.54 Å². The van der Waals surface area contributed by atoms with Crippen LogP contribution in [0.1, 0.15) is 16.1 Å². The Kier molecular flexibility index (Phi) is 4.11. The number of halogens is 3. The van der Waals surface area contributed by atoms with Crippen LogP contribution < -0.4 is 5.32 Å². The maximum absolute atomic E-state index is 11.9. The van der Waals surface area contributed by atoms with Crippen molar-refractivity contribution in [3.8, 4) is 0 Å². The van der Waals surface area contributed by atoms with Gasteiger partial charge < -0.3 is 10.3 Å². The highest BCUT2D eigenvalue weighted by Gasteiger charge is 2.16. The van der Waals surface area contributed by atoms with E-state index >= 15 is 0 Å². The predicted molar refractivity (Wildman–Crippen MR) is 71.2 cm³/mol. The van der Waals surface area contributed by atoms with Crippen molar-refractivity contribution in [2.45, 2.75) is 6.54 Å². The predicted octanol–water partition coefficient (Wildman–Crippen LogP) is 3.30. The number of nitrogens with one attached hydrogen (secondary N) is 2. The van der Waals surface area contributed by atoms with Gasteiger partial charge in [-0.05, 0) is 11.6 Å². The Morgan fingerprint density at radius 1 is 1.33 bits per heavy atom. The van der Waals surface area contributed by atoms with Crippen LogP contribution in [0, 0.1) is 0 Å². The highest BCUT2D eigenvalue weighted by atomic mass is 35.5. The smallest absolute Gasteiger partial charge is 0.271 e. The van der Waals surface area contributed by atoms with E-state index < -0.39 is 5.91 Å². The molecule has 2 aromatic rings. The molecule has 0 spiro atoms. The molecule has 0 radical (unpaired) electrons. The number of nitrogens with zero attached hydrogens (tertiary/aromatic N) is 1. The lowest BCUT2D eigenvalue weighted by Gasteiger charge is -2.06. The molecule has 0 aliphatic rings. The van der Waals surface area contributed by atoms with Gasteiger partial charge in [0.25, 0.3) is 5.91 Å². The molecule has 0 bridgehead atoms. The fourth-order valence-corrected chi connectivity index (χ4v) is 1.90. The van der Waals surface area contributed by atoms with Gasteiger partial charge in [0.05, 0.1) is 15.1 Å². The molecule has 7 heteroatoms. The molecule has 18 heavy (non-hydrogen) atoms. The van der Waals surface area contributed by atoms with Crippen LogP contribution in [0.15, 0.2) is 24.7 Å². The second-order valence-electron chi connectivity index (χ2n) is 3.48. The van der Waals surface area contributed by atoms with Crippen molar-refractivity contribution in [1.29, 1.82) is 0 Å². The van der Waals surface area contributed by atoms with Crippen LogP contribution in [0.4, 0.5) is 0 Å². The summed E-state index contributed by atoms with van der Waals surface area (Å²) in [5, 5.41) is 3.07. The Labute approximate surface area is 118 Å². The number of amides is 1.